The number of carbonyl (C=O) groups excluding carboxylic acids is 1. The quantitative estimate of drug-likeness (QED) is 0.549. The van der Waals surface area contributed by atoms with E-state index in [1.807, 2.05) is 30.3 Å². The molecule has 1 unspecified atom stereocenters. The first-order valence-corrected chi connectivity index (χ1v) is 10.3. The number of benzene rings is 2. The normalized spacial score (nSPS) is 11.8. The summed E-state index contributed by atoms with van der Waals surface area (Å²) < 4.78 is 1.33. The average molecular weight is 426 g/mol. The predicted molar refractivity (Wildman–Crippen MR) is 118 cm³/mol. The van der Waals surface area contributed by atoms with Gasteiger partial charge in [-0.25, -0.2) is 4.68 Å². The van der Waals surface area contributed by atoms with Crippen LogP contribution in [0.5, 0.6) is 0 Å². The van der Waals surface area contributed by atoms with Crippen LogP contribution in [0.15, 0.2) is 71.5 Å². The summed E-state index contributed by atoms with van der Waals surface area (Å²) in [5.74, 6) is -0.0897. The number of amides is 1. The molecule has 1 amide bonds. The monoisotopic (exact) mass is 425 g/mol. The second-order valence-corrected chi connectivity index (χ2v) is 7.69. The van der Waals surface area contributed by atoms with Crippen LogP contribution in [-0.4, -0.2) is 35.8 Å². The highest BCUT2D eigenvalue weighted by molar-refractivity contribution is 6.30. The third-order valence-corrected chi connectivity index (χ3v) is 5.03. The van der Waals surface area contributed by atoms with Crippen LogP contribution in [0.25, 0.3) is 11.3 Å². The molecule has 3 aromatic rings. The lowest BCUT2D eigenvalue weighted by atomic mass is 10.1. The Bertz CT molecular complexity index is 1020. The van der Waals surface area contributed by atoms with E-state index in [2.05, 4.69) is 29.6 Å². The number of halogens is 1. The van der Waals surface area contributed by atoms with Gasteiger partial charge in [-0.05, 0) is 18.2 Å². The molecule has 1 aromatic heterocycles. The largest absolute Gasteiger partial charge is 0.350 e. The van der Waals surface area contributed by atoms with E-state index in [1.165, 1.54) is 21.2 Å². The third-order valence-electron chi connectivity index (χ3n) is 4.78. The number of rotatable bonds is 9. The van der Waals surface area contributed by atoms with Gasteiger partial charge in [0.15, 0.2) is 0 Å². The van der Waals surface area contributed by atoms with Gasteiger partial charge in [-0.3, -0.25) is 9.59 Å². The molecule has 30 heavy (non-hydrogen) atoms. The maximum atomic E-state index is 12.2. The highest BCUT2D eigenvalue weighted by atomic mass is 35.5. The Morgan fingerprint density at radius 1 is 1.07 bits per heavy atom. The van der Waals surface area contributed by atoms with Crippen molar-refractivity contribution in [3.63, 3.8) is 0 Å². The molecule has 2 N–H and O–H groups in total. The number of nitrogens with zero attached hydrogens (tertiary/aromatic N) is 2. The number of quaternary nitrogens is 1. The number of nitrogens with one attached hydrogen (secondary N) is 2. The highest BCUT2D eigenvalue weighted by Gasteiger charge is 2.08. The summed E-state index contributed by atoms with van der Waals surface area (Å²) in [5, 5.41) is 7.94. The molecule has 0 aliphatic carbocycles. The van der Waals surface area contributed by atoms with Crippen molar-refractivity contribution in [2.75, 3.05) is 20.1 Å². The van der Waals surface area contributed by atoms with E-state index in [4.69, 9.17) is 11.6 Å². The van der Waals surface area contributed by atoms with Gasteiger partial charge in [0.25, 0.3) is 5.56 Å². The highest BCUT2D eigenvalue weighted by Crippen LogP contribution is 2.18. The Kier molecular flexibility index (Phi) is 7.76. The predicted octanol–water partition coefficient (Wildman–Crippen LogP) is 1.78. The smallest absolute Gasteiger partial charge is 0.266 e. The van der Waals surface area contributed by atoms with E-state index in [0.29, 0.717) is 17.3 Å². The number of aromatic nitrogens is 2. The van der Waals surface area contributed by atoms with Crippen LogP contribution >= 0.6 is 11.6 Å². The summed E-state index contributed by atoms with van der Waals surface area (Å²) >= 11 is 5.92. The van der Waals surface area contributed by atoms with Crippen molar-refractivity contribution >= 4 is 17.5 Å². The molecule has 0 saturated carbocycles. The Morgan fingerprint density at radius 3 is 2.53 bits per heavy atom. The number of hydrogen-bond donors (Lipinski definition) is 2. The van der Waals surface area contributed by atoms with Gasteiger partial charge in [0.2, 0.25) is 5.91 Å². The van der Waals surface area contributed by atoms with Crippen LogP contribution in [0.4, 0.5) is 0 Å². The van der Waals surface area contributed by atoms with Crippen molar-refractivity contribution in [3.05, 3.63) is 87.7 Å². The molecule has 1 atom stereocenters. The maximum Gasteiger partial charge on any atom is 0.266 e. The molecule has 0 spiro atoms. The molecule has 0 saturated heterocycles. The fraction of sp³-hybridized carbons (Fsp3) is 0.261. The first-order valence-electron chi connectivity index (χ1n) is 9.97. The molecular weight excluding hydrogens is 400 g/mol. The zero-order valence-electron chi connectivity index (χ0n) is 17.0. The summed E-state index contributed by atoms with van der Waals surface area (Å²) in [5.41, 5.74) is 2.57. The van der Waals surface area contributed by atoms with Crippen molar-refractivity contribution in [1.29, 1.82) is 0 Å². The minimum Gasteiger partial charge on any atom is -0.350 e. The summed E-state index contributed by atoms with van der Waals surface area (Å²) in [6.45, 7) is 2.56. The van der Waals surface area contributed by atoms with Crippen LogP contribution in [0.1, 0.15) is 12.0 Å². The molecule has 0 aliphatic heterocycles. The standard InChI is InChI=1S/C23H25ClN4O2/c1-27(17-18-5-3-2-4-6-18)16-14-25-22(29)13-15-28-23(30)12-11-21(26-28)19-7-9-20(24)10-8-19/h2-12H,13-17H2,1H3,(H,25,29)/p+1. The zero-order chi connectivity index (χ0) is 21.3. The number of likely N-dealkylation sites (N-methyl/N-ethyl adjacent to an activating group) is 1. The Morgan fingerprint density at radius 2 is 1.80 bits per heavy atom. The number of aryl methyl sites for hydroxylation is 1. The van der Waals surface area contributed by atoms with Crippen molar-refractivity contribution < 1.29 is 9.69 Å². The summed E-state index contributed by atoms with van der Waals surface area (Å²) in [7, 11) is 2.10. The molecule has 3 rings (SSSR count). The van der Waals surface area contributed by atoms with E-state index in [9.17, 15) is 9.59 Å². The van der Waals surface area contributed by atoms with E-state index in [-0.39, 0.29) is 24.4 Å². The van der Waals surface area contributed by atoms with Crippen LogP contribution in [0.2, 0.25) is 5.02 Å². The van der Waals surface area contributed by atoms with Gasteiger partial charge in [-0.2, -0.15) is 5.10 Å². The van der Waals surface area contributed by atoms with Gasteiger partial charge in [0, 0.05) is 28.6 Å². The van der Waals surface area contributed by atoms with Gasteiger partial charge in [0.1, 0.15) is 6.54 Å². The van der Waals surface area contributed by atoms with Gasteiger partial charge < -0.3 is 10.2 Å². The van der Waals surface area contributed by atoms with Crippen molar-refractivity contribution in [1.82, 2.24) is 15.1 Å². The molecule has 1 heterocycles. The molecule has 0 fully saturated rings. The lowest BCUT2D eigenvalue weighted by Gasteiger charge is -2.14. The van der Waals surface area contributed by atoms with Crippen LogP contribution in [0.3, 0.4) is 0 Å². The molecule has 0 aliphatic rings. The first kappa shape index (κ1) is 21.7. The van der Waals surface area contributed by atoms with Gasteiger partial charge in [-0.1, -0.05) is 54.1 Å². The molecule has 0 radical (unpaired) electrons. The van der Waals surface area contributed by atoms with E-state index in [0.717, 1.165) is 18.7 Å². The van der Waals surface area contributed by atoms with Crippen molar-refractivity contribution in [2.24, 2.45) is 0 Å². The maximum absolute atomic E-state index is 12.2. The molecule has 0 bridgehead atoms. The molecule has 2 aromatic carbocycles. The average Bonchev–Trinajstić information content (AvgIpc) is 2.74. The zero-order valence-corrected chi connectivity index (χ0v) is 17.7. The molecular formula is C23H26ClN4O2+. The van der Waals surface area contributed by atoms with Gasteiger partial charge in [0.05, 0.1) is 32.4 Å². The van der Waals surface area contributed by atoms with Crippen molar-refractivity contribution in [2.45, 2.75) is 19.5 Å². The lowest BCUT2D eigenvalue weighted by Crippen LogP contribution is -3.08. The van der Waals surface area contributed by atoms with Crippen LogP contribution in [0, 0.1) is 0 Å². The minimum absolute atomic E-state index is 0.0897. The second kappa shape index (κ2) is 10.7. The topological polar surface area (TPSA) is 68.4 Å². The Hall–Kier alpha value is -2.96. The third kappa shape index (κ3) is 6.54. The molecule has 156 valence electrons. The molecule has 7 heteroatoms. The summed E-state index contributed by atoms with van der Waals surface area (Å²) in [6.07, 6.45) is 0.203. The lowest BCUT2D eigenvalue weighted by molar-refractivity contribution is -0.892. The minimum atomic E-state index is -0.229. The fourth-order valence-electron chi connectivity index (χ4n) is 3.13. The van der Waals surface area contributed by atoms with E-state index in [1.54, 1.807) is 18.2 Å². The Labute approximate surface area is 181 Å². The van der Waals surface area contributed by atoms with E-state index >= 15 is 0 Å². The SMILES string of the molecule is C[NH+](CCNC(=O)CCn1nc(-c2ccc(Cl)cc2)ccc1=O)Cc1ccccc1. The first-order chi connectivity index (χ1) is 14.5. The summed E-state index contributed by atoms with van der Waals surface area (Å²) in [6, 6.07) is 20.7. The van der Waals surface area contributed by atoms with Crippen LogP contribution < -0.4 is 15.8 Å². The summed E-state index contributed by atoms with van der Waals surface area (Å²) in [4.78, 5) is 25.6. The number of carbonyl (C=O) groups is 1. The van der Waals surface area contributed by atoms with Gasteiger partial charge >= 0.3 is 0 Å². The van der Waals surface area contributed by atoms with E-state index < -0.39 is 0 Å². The second-order valence-electron chi connectivity index (χ2n) is 7.26. The number of hydrogen-bond acceptors (Lipinski definition) is 3. The van der Waals surface area contributed by atoms with Gasteiger partial charge in [-0.15, -0.1) is 0 Å². The Balaban J connectivity index is 1.46. The van der Waals surface area contributed by atoms with Crippen molar-refractivity contribution in [3.8, 4) is 11.3 Å². The fourth-order valence-corrected chi connectivity index (χ4v) is 3.25. The molecule has 6 nitrogen and oxygen atoms in total. The van der Waals surface area contributed by atoms with Crippen LogP contribution in [-0.2, 0) is 17.9 Å².